The molecule has 0 heterocycles. The number of nitro groups is 1. The number of hydrogen-bond acceptors (Lipinski definition) is 3. The van der Waals surface area contributed by atoms with Gasteiger partial charge in [-0.25, -0.2) is 0 Å². The van der Waals surface area contributed by atoms with Crippen molar-refractivity contribution in [3.8, 4) is 0 Å². The smallest absolute Gasteiger partial charge is 0.272 e. The van der Waals surface area contributed by atoms with Crippen LogP contribution < -0.4 is 0 Å². The summed E-state index contributed by atoms with van der Waals surface area (Å²) in [7, 11) is 0. The van der Waals surface area contributed by atoms with Crippen molar-refractivity contribution in [3.63, 3.8) is 0 Å². The number of nitrogens with zero attached hydrogens (tertiary/aromatic N) is 2. The maximum atomic E-state index is 12.1. The summed E-state index contributed by atoms with van der Waals surface area (Å²) in [4.78, 5) is 24.9. The van der Waals surface area contributed by atoms with E-state index in [4.69, 9.17) is 0 Å². The molecule has 1 atom stereocenters. The Morgan fingerprint density at radius 3 is 2.81 bits per heavy atom. The zero-order valence-electron chi connectivity index (χ0n) is 12.7. The highest BCUT2D eigenvalue weighted by Crippen LogP contribution is 2.31. The summed E-state index contributed by atoms with van der Waals surface area (Å²) in [5.41, 5.74) is 2.06. The van der Waals surface area contributed by atoms with Gasteiger partial charge in [-0.1, -0.05) is 26.0 Å². The molecule has 0 saturated carbocycles. The fourth-order valence-corrected chi connectivity index (χ4v) is 3.14. The van der Waals surface area contributed by atoms with Crippen LogP contribution in [0.5, 0.6) is 0 Å². The van der Waals surface area contributed by atoms with E-state index in [1.807, 2.05) is 17.9 Å². The zero-order valence-corrected chi connectivity index (χ0v) is 12.7. The number of benzene rings is 1. The fraction of sp³-hybridized carbons (Fsp3) is 0.562. The molecule has 0 fully saturated rings. The van der Waals surface area contributed by atoms with Crippen LogP contribution in [0.1, 0.15) is 44.2 Å². The van der Waals surface area contributed by atoms with Crippen molar-refractivity contribution in [3.05, 3.63) is 39.4 Å². The minimum Gasteiger partial charge on any atom is -0.339 e. The van der Waals surface area contributed by atoms with Crippen molar-refractivity contribution in [2.75, 3.05) is 6.54 Å². The predicted molar refractivity (Wildman–Crippen MR) is 81.2 cm³/mol. The Bertz CT molecular complexity index is 542. The lowest BCUT2D eigenvalue weighted by atomic mass is 9.86. The van der Waals surface area contributed by atoms with E-state index in [-0.39, 0.29) is 22.6 Å². The monoisotopic (exact) mass is 290 g/mol. The second kappa shape index (κ2) is 6.70. The Morgan fingerprint density at radius 1 is 1.43 bits per heavy atom. The maximum Gasteiger partial charge on any atom is 0.272 e. The molecule has 0 spiro atoms. The van der Waals surface area contributed by atoms with Gasteiger partial charge in [0.1, 0.15) is 0 Å². The van der Waals surface area contributed by atoms with Crippen molar-refractivity contribution >= 4 is 11.6 Å². The van der Waals surface area contributed by atoms with E-state index in [0.717, 1.165) is 36.9 Å². The highest BCUT2D eigenvalue weighted by atomic mass is 16.6. The highest BCUT2D eigenvalue weighted by Gasteiger charge is 2.30. The maximum absolute atomic E-state index is 12.1. The van der Waals surface area contributed by atoms with Gasteiger partial charge in [-0.2, -0.15) is 0 Å². The standard InChI is InChI=1S/C16H22N2O3/c1-3-10-17(16(19)4-2)13-9-8-12-6-5-7-15(18(20)21)14(12)11-13/h5-7,13H,3-4,8-11H2,1-2H3. The van der Waals surface area contributed by atoms with Crippen LogP contribution in [-0.4, -0.2) is 28.3 Å². The van der Waals surface area contributed by atoms with E-state index >= 15 is 0 Å². The summed E-state index contributed by atoms with van der Waals surface area (Å²) in [6, 6.07) is 5.36. The van der Waals surface area contributed by atoms with Crippen LogP contribution >= 0.6 is 0 Å². The Kier molecular flexibility index (Phi) is 4.94. The number of carbonyl (C=O) groups is 1. The summed E-state index contributed by atoms with van der Waals surface area (Å²) in [5, 5.41) is 11.2. The molecule has 2 rings (SSSR count). The number of carbonyl (C=O) groups excluding carboxylic acids is 1. The van der Waals surface area contributed by atoms with Crippen LogP contribution in [0.2, 0.25) is 0 Å². The lowest BCUT2D eigenvalue weighted by Crippen LogP contribution is -2.43. The molecule has 5 nitrogen and oxygen atoms in total. The summed E-state index contributed by atoms with van der Waals surface area (Å²) in [6.07, 6.45) is 3.68. The van der Waals surface area contributed by atoms with E-state index in [1.54, 1.807) is 12.1 Å². The predicted octanol–water partition coefficient (Wildman–Crippen LogP) is 3.10. The SMILES string of the molecule is CCCN(C(=O)CC)C1CCc2cccc([N+](=O)[O-])c2C1. The summed E-state index contributed by atoms with van der Waals surface area (Å²) >= 11 is 0. The lowest BCUT2D eigenvalue weighted by Gasteiger charge is -2.35. The van der Waals surface area contributed by atoms with Crippen molar-refractivity contribution in [1.82, 2.24) is 4.90 Å². The summed E-state index contributed by atoms with van der Waals surface area (Å²) < 4.78 is 0. The topological polar surface area (TPSA) is 63.5 Å². The van der Waals surface area contributed by atoms with E-state index in [0.29, 0.717) is 12.8 Å². The summed E-state index contributed by atoms with van der Waals surface area (Å²) in [6.45, 7) is 4.65. The first-order valence-electron chi connectivity index (χ1n) is 7.63. The molecule has 0 radical (unpaired) electrons. The molecule has 114 valence electrons. The van der Waals surface area contributed by atoms with Gasteiger partial charge in [-0.3, -0.25) is 14.9 Å². The van der Waals surface area contributed by atoms with Crippen LogP contribution in [0.25, 0.3) is 0 Å². The molecule has 1 aromatic carbocycles. The molecular formula is C16H22N2O3. The van der Waals surface area contributed by atoms with E-state index in [2.05, 4.69) is 6.92 Å². The van der Waals surface area contributed by atoms with Gasteiger partial charge in [0, 0.05) is 30.6 Å². The minimum atomic E-state index is -0.312. The van der Waals surface area contributed by atoms with Gasteiger partial charge in [0.15, 0.2) is 0 Å². The van der Waals surface area contributed by atoms with E-state index in [9.17, 15) is 14.9 Å². The molecule has 0 saturated heterocycles. The Balaban J connectivity index is 2.28. The molecule has 0 bridgehead atoms. The number of aryl methyl sites for hydroxylation is 1. The van der Waals surface area contributed by atoms with E-state index in [1.165, 1.54) is 0 Å². The van der Waals surface area contributed by atoms with Crippen molar-refractivity contribution in [2.24, 2.45) is 0 Å². The normalized spacial score (nSPS) is 17.1. The van der Waals surface area contributed by atoms with Gasteiger partial charge in [0.25, 0.3) is 5.69 Å². The Hall–Kier alpha value is -1.91. The van der Waals surface area contributed by atoms with Crippen LogP contribution in [0.3, 0.4) is 0 Å². The molecule has 1 amide bonds. The van der Waals surface area contributed by atoms with Gasteiger partial charge in [-0.05, 0) is 31.2 Å². The average molecular weight is 290 g/mol. The van der Waals surface area contributed by atoms with Gasteiger partial charge >= 0.3 is 0 Å². The van der Waals surface area contributed by atoms with Crippen LogP contribution in [0, 0.1) is 10.1 Å². The van der Waals surface area contributed by atoms with Crippen molar-refractivity contribution in [1.29, 1.82) is 0 Å². The number of nitro benzene ring substituents is 1. The van der Waals surface area contributed by atoms with Gasteiger partial charge in [0.2, 0.25) is 5.91 Å². The number of rotatable bonds is 5. The molecule has 1 aliphatic rings. The van der Waals surface area contributed by atoms with Crippen LogP contribution in [0.15, 0.2) is 18.2 Å². The number of hydrogen-bond donors (Lipinski definition) is 0. The van der Waals surface area contributed by atoms with Gasteiger partial charge < -0.3 is 4.90 Å². The molecule has 0 aliphatic heterocycles. The largest absolute Gasteiger partial charge is 0.339 e. The highest BCUT2D eigenvalue weighted by molar-refractivity contribution is 5.76. The number of fused-ring (bicyclic) bond motifs is 1. The average Bonchev–Trinajstić information content (AvgIpc) is 2.50. The first kappa shape index (κ1) is 15.5. The second-order valence-electron chi connectivity index (χ2n) is 5.51. The van der Waals surface area contributed by atoms with Crippen molar-refractivity contribution in [2.45, 2.75) is 52.0 Å². The quantitative estimate of drug-likeness (QED) is 0.618. The molecule has 0 N–H and O–H groups in total. The third-order valence-corrected chi connectivity index (χ3v) is 4.16. The molecular weight excluding hydrogens is 268 g/mol. The zero-order chi connectivity index (χ0) is 15.4. The number of amides is 1. The third-order valence-electron chi connectivity index (χ3n) is 4.16. The lowest BCUT2D eigenvalue weighted by molar-refractivity contribution is -0.385. The van der Waals surface area contributed by atoms with Gasteiger partial charge in [-0.15, -0.1) is 0 Å². The molecule has 1 aromatic rings. The molecule has 21 heavy (non-hydrogen) atoms. The third kappa shape index (κ3) is 3.23. The van der Waals surface area contributed by atoms with Crippen molar-refractivity contribution < 1.29 is 9.72 Å². The second-order valence-corrected chi connectivity index (χ2v) is 5.51. The van der Waals surface area contributed by atoms with Gasteiger partial charge in [0.05, 0.1) is 4.92 Å². The first-order chi connectivity index (χ1) is 10.1. The first-order valence-corrected chi connectivity index (χ1v) is 7.63. The molecule has 1 unspecified atom stereocenters. The minimum absolute atomic E-state index is 0.0889. The van der Waals surface area contributed by atoms with Crippen LogP contribution in [-0.2, 0) is 17.6 Å². The van der Waals surface area contributed by atoms with E-state index < -0.39 is 0 Å². The molecule has 5 heteroatoms. The summed E-state index contributed by atoms with van der Waals surface area (Å²) in [5.74, 6) is 0.142. The molecule has 0 aromatic heterocycles. The van der Waals surface area contributed by atoms with Crippen LogP contribution in [0.4, 0.5) is 5.69 Å². The molecule has 1 aliphatic carbocycles. The Labute approximate surface area is 125 Å². The Morgan fingerprint density at radius 2 is 2.19 bits per heavy atom. The fourth-order valence-electron chi connectivity index (χ4n) is 3.14.